The fraction of sp³-hybridized carbons (Fsp3) is 0.385. The van der Waals surface area contributed by atoms with Crippen LogP contribution in [0.5, 0.6) is 0 Å². The molecule has 1 atom stereocenters. The average molecular weight is 446 g/mol. The predicted octanol–water partition coefficient (Wildman–Crippen LogP) is 4.43. The zero-order chi connectivity index (χ0) is 23.4. The normalized spacial score (nSPS) is 15.6. The Balaban J connectivity index is 1.69. The van der Waals surface area contributed by atoms with Crippen molar-refractivity contribution in [3.05, 3.63) is 71.3 Å². The Hall–Kier alpha value is -3.32. The van der Waals surface area contributed by atoms with Crippen molar-refractivity contribution in [3.8, 4) is 11.1 Å². The second kappa shape index (κ2) is 10.1. The van der Waals surface area contributed by atoms with Crippen molar-refractivity contribution in [2.45, 2.75) is 39.3 Å². The molecule has 3 heterocycles. The molecule has 3 aromatic rings. The van der Waals surface area contributed by atoms with Gasteiger partial charge in [0.15, 0.2) is 0 Å². The molecule has 0 bridgehead atoms. The van der Waals surface area contributed by atoms with E-state index in [1.165, 1.54) is 0 Å². The molecule has 0 radical (unpaired) electrons. The first-order chi connectivity index (χ1) is 16.0. The standard InChI is InChI=1S/C26H31N5O2/c1-5-33-17-19-8-10-20(11-9-19)25(32)31-14-6-7-23(31)24-22(16-28-26(29-24)30(3)4)21-12-13-27-15-18(21)2/h8-13,15-16,23H,5-7,14,17H2,1-4H3/t23-/m0/s1. The van der Waals surface area contributed by atoms with Crippen LogP contribution in [-0.4, -0.2) is 53.0 Å². The van der Waals surface area contributed by atoms with Gasteiger partial charge in [-0.2, -0.15) is 0 Å². The van der Waals surface area contributed by atoms with E-state index in [2.05, 4.69) is 9.97 Å². The first kappa shape index (κ1) is 22.9. The Morgan fingerprint density at radius 1 is 1.15 bits per heavy atom. The molecule has 1 saturated heterocycles. The van der Waals surface area contributed by atoms with Crippen molar-refractivity contribution in [2.75, 3.05) is 32.1 Å². The Morgan fingerprint density at radius 3 is 2.64 bits per heavy atom. The highest BCUT2D eigenvalue weighted by atomic mass is 16.5. The fourth-order valence-electron chi connectivity index (χ4n) is 4.26. The number of rotatable bonds is 7. The summed E-state index contributed by atoms with van der Waals surface area (Å²) < 4.78 is 5.47. The van der Waals surface area contributed by atoms with E-state index >= 15 is 0 Å². The maximum absolute atomic E-state index is 13.5. The molecule has 0 N–H and O–H groups in total. The van der Waals surface area contributed by atoms with Crippen LogP contribution in [0.15, 0.2) is 48.9 Å². The number of pyridine rings is 1. The summed E-state index contributed by atoms with van der Waals surface area (Å²) in [7, 11) is 3.86. The number of anilines is 1. The summed E-state index contributed by atoms with van der Waals surface area (Å²) in [4.78, 5) is 31.1. The zero-order valence-corrected chi connectivity index (χ0v) is 19.8. The third-order valence-corrected chi connectivity index (χ3v) is 6.02. The van der Waals surface area contributed by atoms with E-state index in [9.17, 15) is 4.79 Å². The minimum atomic E-state index is -0.107. The quantitative estimate of drug-likeness (QED) is 0.536. The highest BCUT2D eigenvalue weighted by Crippen LogP contribution is 2.38. The van der Waals surface area contributed by atoms with Gasteiger partial charge in [0, 0.05) is 57.0 Å². The number of carbonyl (C=O) groups is 1. The Bertz CT molecular complexity index is 1110. The topological polar surface area (TPSA) is 71.5 Å². The predicted molar refractivity (Wildman–Crippen MR) is 129 cm³/mol. The van der Waals surface area contributed by atoms with E-state index in [4.69, 9.17) is 9.72 Å². The number of nitrogens with zero attached hydrogens (tertiary/aromatic N) is 5. The van der Waals surface area contributed by atoms with Crippen molar-refractivity contribution in [2.24, 2.45) is 0 Å². The van der Waals surface area contributed by atoms with Crippen molar-refractivity contribution in [3.63, 3.8) is 0 Å². The Morgan fingerprint density at radius 2 is 1.94 bits per heavy atom. The molecule has 0 saturated carbocycles. The maximum atomic E-state index is 13.5. The monoisotopic (exact) mass is 445 g/mol. The lowest BCUT2D eigenvalue weighted by Crippen LogP contribution is -2.31. The van der Waals surface area contributed by atoms with Crippen LogP contribution >= 0.6 is 0 Å². The van der Waals surface area contributed by atoms with Gasteiger partial charge >= 0.3 is 0 Å². The van der Waals surface area contributed by atoms with Crippen molar-refractivity contribution in [1.82, 2.24) is 19.9 Å². The van der Waals surface area contributed by atoms with Gasteiger partial charge in [-0.15, -0.1) is 0 Å². The molecule has 2 aromatic heterocycles. The van der Waals surface area contributed by atoms with Crippen LogP contribution in [-0.2, 0) is 11.3 Å². The molecule has 1 aromatic carbocycles. The van der Waals surface area contributed by atoms with Gasteiger partial charge in [-0.1, -0.05) is 12.1 Å². The molecule has 0 spiro atoms. The van der Waals surface area contributed by atoms with Gasteiger partial charge in [-0.25, -0.2) is 9.97 Å². The lowest BCUT2D eigenvalue weighted by atomic mass is 9.97. The zero-order valence-electron chi connectivity index (χ0n) is 19.8. The van der Waals surface area contributed by atoms with Gasteiger partial charge in [-0.05, 0) is 61.6 Å². The second-order valence-electron chi connectivity index (χ2n) is 8.54. The summed E-state index contributed by atoms with van der Waals surface area (Å²) in [5, 5.41) is 0. The molecule has 33 heavy (non-hydrogen) atoms. The number of aromatic nitrogens is 3. The van der Waals surface area contributed by atoms with Crippen LogP contribution in [0.1, 0.15) is 53.0 Å². The van der Waals surface area contributed by atoms with Gasteiger partial charge < -0.3 is 14.5 Å². The Labute approximate surface area is 195 Å². The first-order valence-electron chi connectivity index (χ1n) is 11.4. The first-order valence-corrected chi connectivity index (χ1v) is 11.4. The molecule has 7 nitrogen and oxygen atoms in total. The molecule has 1 fully saturated rings. The number of amides is 1. The lowest BCUT2D eigenvalue weighted by molar-refractivity contribution is 0.0733. The van der Waals surface area contributed by atoms with Gasteiger partial charge in [0.1, 0.15) is 0 Å². The minimum Gasteiger partial charge on any atom is -0.377 e. The van der Waals surface area contributed by atoms with Crippen LogP contribution in [0.4, 0.5) is 5.95 Å². The number of carbonyl (C=O) groups excluding carboxylic acids is 1. The van der Waals surface area contributed by atoms with Crippen molar-refractivity contribution >= 4 is 11.9 Å². The summed E-state index contributed by atoms with van der Waals surface area (Å²) in [5.74, 6) is 0.669. The summed E-state index contributed by atoms with van der Waals surface area (Å²) in [6.07, 6.45) is 7.32. The van der Waals surface area contributed by atoms with Crippen LogP contribution in [0.2, 0.25) is 0 Å². The van der Waals surface area contributed by atoms with Crippen LogP contribution < -0.4 is 4.90 Å². The van der Waals surface area contributed by atoms with E-state index in [0.717, 1.165) is 40.8 Å². The van der Waals surface area contributed by atoms with Crippen molar-refractivity contribution in [1.29, 1.82) is 0 Å². The molecule has 7 heteroatoms. The SMILES string of the molecule is CCOCc1ccc(C(=O)N2CCC[C@H]2c2nc(N(C)C)ncc2-c2ccncc2C)cc1. The van der Waals surface area contributed by atoms with E-state index in [1.807, 2.05) is 80.5 Å². The lowest BCUT2D eigenvalue weighted by Gasteiger charge is -2.27. The summed E-state index contributed by atoms with van der Waals surface area (Å²) in [6, 6.07) is 9.61. The van der Waals surface area contributed by atoms with E-state index in [-0.39, 0.29) is 11.9 Å². The largest absolute Gasteiger partial charge is 0.377 e. The molecule has 4 rings (SSSR count). The summed E-state index contributed by atoms with van der Waals surface area (Å²) in [5.41, 5.74) is 5.70. The maximum Gasteiger partial charge on any atom is 0.254 e. The number of aryl methyl sites for hydroxylation is 1. The highest BCUT2D eigenvalue weighted by Gasteiger charge is 2.34. The molecule has 1 amide bonds. The van der Waals surface area contributed by atoms with Crippen LogP contribution in [0, 0.1) is 6.92 Å². The van der Waals surface area contributed by atoms with Gasteiger partial charge in [-0.3, -0.25) is 9.78 Å². The molecule has 0 aliphatic carbocycles. The smallest absolute Gasteiger partial charge is 0.254 e. The number of ether oxygens (including phenoxy) is 1. The molecule has 0 unspecified atom stereocenters. The van der Waals surface area contributed by atoms with Gasteiger partial charge in [0.05, 0.1) is 18.3 Å². The number of hydrogen-bond acceptors (Lipinski definition) is 6. The summed E-state index contributed by atoms with van der Waals surface area (Å²) >= 11 is 0. The van der Waals surface area contributed by atoms with Crippen LogP contribution in [0.25, 0.3) is 11.1 Å². The van der Waals surface area contributed by atoms with E-state index < -0.39 is 0 Å². The molecular weight excluding hydrogens is 414 g/mol. The number of hydrogen-bond donors (Lipinski definition) is 0. The molecular formula is C26H31N5O2. The third-order valence-electron chi connectivity index (χ3n) is 6.02. The molecule has 1 aliphatic heterocycles. The molecule has 172 valence electrons. The van der Waals surface area contributed by atoms with Crippen molar-refractivity contribution < 1.29 is 9.53 Å². The fourth-order valence-corrected chi connectivity index (χ4v) is 4.26. The summed E-state index contributed by atoms with van der Waals surface area (Å²) in [6.45, 7) is 5.94. The second-order valence-corrected chi connectivity index (χ2v) is 8.54. The average Bonchev–Trinajstić information content (AvgIpc) is 3.32. The number of benzene rings is 1. The minimum absolute atomic E-state index is 0.0304. The van der Waals surface area contributed by atoms with Gasteiger partial charge in [0.2, 0.25) is 5.95 Å². The van der Waals surface area contributed by atoms with Crippen LogP contribution in [0.3, 0.4) is 0 Å². The third kappa shape index (κ3) is 4.88. The Kier molecular flexibility index (Phi) is 6.99. The van der Waals surface area contributed by atoms with E-state index in [1.54, 1.807) is 6.20 Å². The number of likely N-dealkylation sites (tertiary alicyclic amines) is 1. The van der Waals surface area contributed by atoms with Gasteiger partial charge in [0.25, 0.3) is 5.91 Å². The molecule has 1 aliphatic rings. The van der Waals surface area contributed by atoms with E-state index in [0.29, 0.717) is 31.3 Å². The highest BCUT2D eigenvalue weighted by molar-refractivity contribution is 5.95.